The summed E-state index contributed by atoms with van der Waals surface area (Å²) in [7, 11) is 0. The van der Waals surface area contributed by atoms with Crippen LogP contribution in [0.15, 0.2) is 103 Å². The third kappa shape index (κ3) is 2.83. The maximum absolute atomic E-state index is 5.04. The van der Waals surface area contributed by atoms with E-state index in [1.807, 2.05) is 29.7 Å². The summed E-state index contributed by atoms with van der Waals surface area (Å²) in [5.74, 6) is 0. The normalized spacial score (nSPS) is 12.0. The van der Waals surface area contributed by atoms with Crippen molar-refractivity contribution >= 4 is 75.0 Å². The van der Waals surface area contributed by atoms with Crippen molar-refractivity contribution in [2.24, 2.45) is 0 Å². The van der Waals surface area contributed by atoms with Gasteiger partial charge in [0.1, 0.15) is 0 Å². The number of hydrogen-bond acceptors (Lipinski definition) is 4. The maximum atomic E-state index is 5.04. The van der Waals surface area contributed by atoms with Crippen LogP contribution in [0.4, 0.5) is 0 Å². The molecule has 0 unspecified atom stereocenters. The number of hydrogen-bond donors (Lipinski definition) is 0. The predicted octanol–water partition coefficient (Wildman–Crippen LogP) is 8.82. The molecule has 0 fully saturated rings. The first kappa shape index (κ1) is 19.3. The highest BCUT2D eigenvalue weighted by Gasteiger charge is 2.19. The Morgan fingerprint density at radius 2 is 1.37 bits per heavy atom. The number of pyridine rings is 1. The van der Waals surface area contributed by atoms with Gasteiger partial charge in [-0.25, -0.2) is 4.98 Å². The van der Waals surface area contributed by atoms with E-state index in [1.165, 1.54) is 24.9 Å². The number of aromatic nitrogens is 3. The van der Waals surface area contributed by atoms with Crippen molar-refractivity contribution < 1.29 is 0 Å². The van der Waals surface area contributed by atoms with Gasteiger partial charge in [-0.15, -0.1) is 11.3 Å². The number of nitrogens with zero attached hydrogens (tertiary/aromatic N) is 3. The Labute approximate surface area is 208 Å². The molecule has 0 atom stereocenters. The molecule has 8 rings (SSSR count). The minimum atomic E-state index is 0.971. The Bertz CT molecular complexity index is 2030. The fourth-order valence-electron chi connectivity index (χ4n) is 5.05. The van der Waals surface area contributed by atoms with Gasteiger partial charge in [-0.3, -0.25) is 9.55 Å². The van der Waals surface area contributed by atoms with Crippen molar-refractivity contribution in [2.45, 2.75) is 0 Å². The van der Waals surface area contributed by atoms with Crippen molar-refractivity contribution in [3.05, 3.63) is 103 Å². The van der Waals surface area contributed by atoms with Crippen LogP contribution in [0.1, 0.15) is 0 Å². The van der Waals surface area contributed by atoms with Crippen LogP contribution in [0.25, 0.3) is 68.6 Å². The Hall–Kier alpha value is -4.06. The molecular weight excluding hydrogens is 466 g/mol. The van der Waals surface area contributed by atoms with Crippen LogP contribution in [0.2, 0.25) is 0 Å². The molecular formula is C30H17N3S2. The molecule has 4 aromatic carbocycles. The predicted molar refractivity (Wildman–Crippen MR) is 150 cm³/mol. The first-order valence-electron chi connectivity index (χ1n) is 11.5. The van der Waals surface area contributed by atoms with Crippen LogP contribution < -0.4 is 0 Å². The number of thiazole rings is 1. The van der Waals surface area contributed by atoms with Gasteiger partial charge in [0.15, 0.2) is 5.13 Å². The lowest BCUT2D eigenvalue weighted by Gasteiger charge is -2.05. The zero-order valence-corrected chi connectivity index (χ0v) is 20.1. The molecule has 164 valence electrons. The molecule has 0 N–H and O–H groups in total. The third-order valence-electron chi connectivity index (χ3n) is 6.68. The summed E-state index contributed by atoms with van der Waals surface area (Å²) < 4.78 is 6.09. The van der Waals surface area contributed by atoms with Gasteiger partial charge in [0.05, 0.1) is 26.8 Å². The second-order valence-electron chi connectivity index (χ2n) is 8.72. The van der Waals surface area contributed by atoms with E-state index in [2.05, 4.69) is 89.5 Å². The van der Waals surface area contributed by atoms with Crippen molar-refractivity contribution in [3.8, 4) is 16.3 Å². The van der Waals surface area contributed by atoms with Gasteiger partial charge < -0.3 is 0 Å². The highest BCUT2D eigenvalue weighted by molar-refractivity contribution is 7.26. The zero-order valence-electron chi connectivity index (χ0n) is 18.5. The first-order valence-corrected chi connectivity index (χ1v) is 13.1. The van der Waals surface area contributed by atoms with Gasteiger partial charge in [0, 0.05) is 37.3 Å². The highest BCUT2D eigenvalue weighted by Crippen LogP contribution is 2.41. The van der Waals surface area contributed by atoms with Crippen molar-refractivity contribution in [1.29, 1.82) is 0 Å². The summed E-state index contributed by atoms with van der Waals surface area (Å²) >= 11 is 3.57. The molecule has 0 amide bonds. The molecule has 0 spiro atoms. The van der Waals surface area contributed by atoms with E-state index in [-0.39, 0.29) is 0 Å². The summed E-state index contributed by atoms with van der Waals surface area (Å²) in [6.45, 7) is 0. The molecule has 8 aromatic rings. The standard InChI is InChI=1S/C30H17N3S2/c1-2-8-18(9-3-1)19-14-25-29(31-17-19)22-15-21-20-10-4-6-12-26(20)34-28(21)16-24(22)33(25)30-32-23-11-5-7-13-27(23)35-30/h1-17H. The second-order valence-corrected chi connectivity index (χ2v) is 10.8. The molecule has 35 heavy (non-hydrogen) atoms. The summed E-state index contributed by atoms with van der Waals surface area (Å²) in [5.41, 5.74) is 6.54. The lowest BCUT2D eigenvalue weighted by atomic mass is 10.1. The molecule has 4 heterocycles. The fraction of sp³-hybridized carbons (Fsp3) is 0. The SMILES string of the molecule is c1ccc(-c2cnc3c4cc5c(cc4n(-c4nc6ccccc6s4)c3c2)sc2ccccc25)cc1. The van der Waals surface area contributed by atoms with E-state index in [0.29, 0.717) is 0 Å². The topological polar surface area (TPSA) is 30.7 Å². The zero-order chi connectivity index (χ0) is 22.9. The molecule has 0 saturated carbocycles. The summed E-state index contributed by atoms with van der Waals surface area (Å²) in [4.78, 5) is 10.1. The van der Waals surface area contributed by atoms with Gasteiger partial charge in [-0.2, -0.15) is 0 Å². The second kappa shape index (κ2) is 7.22. The smallest absolute Gasteiger partial charge is 0.195 e. The van der Waals surface area contributed by atoms with Crippen LogP contribution in [0.5, 0.6) is 0 Å². The van der Waals surface area contributed by atoms with E-state index in [0.717, 1.165) is 43.7 Å². The lowest BCUT2D eigenvalue weighted by molar-refractivity contribution is 1.15. The van der Waals surface area contributed by atoms with E-state index in [9.17, 15) is 0 Å². The Kier molecular flexibility index (Phi) is 3.97. The lowest BCUT2D eigenvalue weighted by Crippen LogP contribution is -1.93. The fourth-order valence-corrected chi connectivity index (χ4v) is 7.16. The minimum absolute atomic E-state index is 0.971. The first-order chi connectivity index (χ1) is 17.3. The molecule has 0 aliphatic carbocycles. The third-order valence-corrected chi connectivity index (χ3v) is 8.84. The van der Waals surface area contributed by atoms with Crippen LogP contribution in [0, 0.1) is 0 Å². The molecule has 5 heteroatoms. The van der Waals surface area contributed by atoms with Crippen LogP contribution in [-0.4, -0.2) is 14.5 Å². The van der Waals surface area contributed by atoms with E-state index in [4.69, 9.17) is 9.97 Å². The van der Waals surface area contributed by atoms with Crippen LogP contribution in [0.3, 0.4) is 0 Å². The average molecular weight is 484 g/mol. The monoisotopic (exact) mass is 483 g/mol. The van der Waals surface area contributed by atoms with Gasteiger partial charge >= 0.3 is 0 Å². The Balaban J connectivity index is 1.52. The average Bonchev–Trinajstić information content (AvgIpc) is 3.58. The van der Waals surface area contributed by atoms with Crippen molar-refractivity contribution in [2.75, 3.05) is 0 Å². The quantitative estimate of drug-likeness (QED) is 0.246. The largest absolute Gasteiger partial charge is 0.283 e. The number of benzene rings is 4. The highest BCUT2D eigenvalue weighted by atomic mass is 32.1. The Morgan fingerprint density at radius 1 is 0.571 bits per heavy atom. The number of rotatable bonds is 2. The molecule has 0 aliphatic heterocycles. The van der Waals surface area contributed by atoms with Gasteiger partial charge in [-0.05, 0) is 42.0 Å². The van der Waals surface area contributed by atoms with Gasteiger partial charge in [0.25, 0.3) is 0 Å². The maximum Gasteiger partial charge on any atom is 0.195 e. The number of thiophene rings is 1. The van der Waals surface area contributed by atoms with Crippen molar-refractivity contribution in [3.63, 3.8) is 0 Å². The van der Waals surface area contributed by atoms with E-state index < -0.39 is 0 Å². The number of para-hydroxylation sites is 1. The van der Waals surface area contributed by atoms with Gasteiger partial charge in [0.2, 0.25) is 0 Å². The number of fused-ring (bicyclic) bond motifs is 7. The van der Waals surface area contributed by atoms with Crippen LogP contribution in [-0.2, 0) is 0 Å². The van der Waals surface area contributed by atoms with E-state index in [1.54, 1.807) is 11.3 Å². The molecule has 3 nitrogen and oxygen atoms in total. The van der Waals surface area contributed by atoms with Crippen molar-refractivity contribution in [1.82, 2.24) is 14.5 Å². The minimum Gasteiger partial charge on any atom is -0.283 e. The summed E-state index contributed by atoms with van der Waals surface area (Å²) in [6.07, 6.45) is 2.00. The molecule has 0 bridgehead atoms. The molecule has 0 saturated heterocycles. The summed E-state index contributed by atoms with van der Waals surface area (Å²) in [5, 5.41) is 4.72. The van der Waals surface area contributed by atoms with Crippen LogP contribution >= 0.6 is 22.7 Å². The summed E-state index contributed by atoms with van der Waals surface area (Å²) in [6, 6.07) is 34.4. The van der Waals surface area contributed by atoms with E-state index >= 15 is 0 Å². The Morgan fingerprint density at radius 3 is 2.26 bits per heavy atom. The molecule has 0 aliphatic rings. The molecule has 0 radical (unpaired) electrons. The molecule has 4 aromatic heterocycles. The van der Waals surface area contributed by atoms with Gasteiger partial charge in [-0.1, -0.05) is 72.0 Å².